The Kier molecular flexibility index (Phi) is 1.22. The normalized spacial score (nSPS) is 11.1. The summed E-state index contributed by atoms with van der Waals surface area (Å²) in [6.45, 7) is 0. The molecule has 0 fully saturated rings. The monoisotopic (exact) mass is 168 g/mol. The van der Waals surface area contributed by atoms with E-state index in [-0.39, 0.29) is 0 Å². The highest BCUT2D eigenvalue weighted by Crippen LogP contribution is 2.26. The average molecular weight is 168 g/mol. The van der Waals surface area contributed by atoms with Crippen molar-refractivity contribution in [1.82, 2.24) is 0 Å². The molecule has 0 amide bonds. The molecule has 0 N–H and O–H groups in total. The molecule has 1 nitrogen and oxygen atoms in total. The van der Waals surface area contributed by atoms with Gasteiger partial charge in [-0.25, -0.2) is 0 Å². The summed E-state index contributed by atoms with van der Waals surface area (Å²) < 4.78 is 5.32. The second-order valence-corrected chi connectivity index (χ2v) is 3.15. The fourth-order valence-corrected chi connectivity index (χ4v) is 1.65. The Hall–Kier alpha value is -1.76. The lowest BCUT2D eigenvalue weighted by Crippen LogP contribution is -1.61. The highest BCUT2D eigenvalue weighted by molar-refractivity contribution is 5.83. The maximum Gasteiger partial charge on any atom is 0.133 e. The summed E-state index contributed by atoms with van der Waals surface area (Å²) in [6, 6.07) is 14.5. The molecule has 1 aromatic rings. The predicted molar refractivity (Wildman–Crippen MR) is 52.8 cm³/mol. The van der Waals surface area contributed by atoms with Crippen molar-refractivity contribution in [2.45, 2.75) is 0 Å². The van der Waals surface area contributed by atoms with Gasteiger partial charge in [0, 0.05) is 5.39 Å². The summed E-state index contributed by atoms with van der Waals surface area (Å²) in [5, 5.41) is 1.15. The fraction of sp³-hybridized carbons (Fsp3) is 0. The van der Waals surface area contributed by atoms with Crippen LogP contribution in [0.1, 0.15) is 0 Å². The van der Waals surface area contributed by atoms with Gasteiger partial charge in [-0.05, 0) is 29.3 Å². The third kappa shape index (κ3) is 0.937. The van der Waals surface area contributed by atoms with Crippen molar-refractivity contribution in [3.8, 4) is 11.1 Å². The molecule has 0 saturated carbocycles. The van der Waals surface area contributed by atoms with E-state index in [9.17, 15) is 0 Å². The summed E-state index contributed by atoms with van der Waals surface area (Å²) >= 11 is 0. The molecule has 0 radical (unpaired) electrons. The molecule has 0 saturated heterocycles. The molecule has 0 bridgehead atoms. The quantitative estimate of drug-likeness (QED) is 0.500. The van der Waals surface area contributed by atoms with E-state index >= 15 is 0 Å². The van der Waals surface area contributed by atoms with E-state index in [0.717, 1.165) is 11.0 Å². The van der Waals surface area contributed by atoms with Crippen LogP contribution in [0.2, 0.25) is 0 Å². The second kappa shape index (κ2) is 2.36. The van der Waals surface area contributed by atoms with Gasteiger partial charge < -0.3 is 4.42 Å². The third-order valence-corrected chi connectivity index (χ3v) is 2.34. The van der Waals surface area contributed by atoms with Crippen molar-refractivity contribution >= 4 is 11.0 Å². The van der Waals surface area contributed by atoms with Crippen LogP contribution in [0.15, 0.2) is 53.1 Å². The molecule has 0 atom stereocenters. The predicted octanol–water partition coefficient (Wildman–Crippen LogP) is 3.54. The topological polar surface area (TPSA) is 13.1 Å². The maximum absolute atomic E-state index is 5.32. The Labute approximate surface area is 75.9 Å². The molecule has 13 heavy (non-hydrogen) atoms. The van der Waals surface area contributed by atoms with E-state index in [1.54, 1.807) is 6.26 Å². The summed E-state index contributed by atoms with van der Waals surface area (Å²) in [4.78, 5) is 0. The Balaban J connectivity index is 2.51. The number of furan rings is 1. The van der Waals surface area contributed by atoms with Gasteiger partial charge >= 0.3 is 0 Å². The van der Waals surface area contributed by atoms with Crippen LogP contribution in [0.4, 0.5) is 0 Å². The number of rotatable bonds is 0. The Bertz CT molecular complexity index is 522. The molecule has 0 unspecified atom stereocenters. The first-order chi connectivity index (χ1) is 6.43. The van der Waals surface area contributed by atoms with Gasteiger partial charge in [0.25, 0.3) is 0 Å². The van der Waals surface area contributed by atoms with Crippen molar-refractivity contribution in [2.75, 3.05) is 0 Å². The zero-order valence-corrected chi connectivity index (χ0v) is 7.03. The second-order valence-electron chi connectivity index (χ2n) is 3.15. The standard InChI is InChI=1S/C12H8O/c1-2-9-4-5-12-11(6-7-13-12)8-10(9)3-1/h1-8H. The minimum atomic E-state index is 0.941. The van der Waals surface area contributed by atoms with Crippen molar-refractivity contribution in [2.24, 2.45) is 0 Å². The minimum Gasteiger partial charge on any atom is -0.464 e. The van der Waals surface area contributed by atoms with E-state index in [2.05, 4.69) is 30.3 Å². The lowest BCUT2D eigenvalue weighted by molar-refractivity contribution is 0.616. The molecule has 3 rings (SSSR count). The van der Waals surface area contributed by atoms with Gasteiger partial charge in [0.15, 0.2) is 0 Å². The van der Waals surface area contributed by atoms with Crippen molar-refractivity contribution in [3.63, 3.8) is 0 Å². The maximum atomic E-state index is 5.32. The van der Waals surface area contributed by atoms with Crippen molar-refractivity contribution in [3.05, 3.63) is 48.7 Å². The Morgan fingerprint density at radius 3 is 2.77 bits per heavy atom. The summed E-state index contributed by atoms with van der Waals surface area (Å²) in [6.07, 6.45) is 1.72. The van der Waals surface area contributed by atoms with Crippen LogP contribution in [-0.4, -0.2) is 0 Å². The van der Waals surface area contributed by atoms with Crippen LogP contribution in [0.5, 0.6) is 0 Å². The molecular formula is C12H8O. The van der Waals surface area contributed by atoms with Gasteiger partial charge in [0.05, 0.1) is 6.26 Å². The lowest BCUT2D eigenvalue weighted by Gasteiger charge is -1.86. The van der Waals surface area contributed by atoms with E-state index < -0.39 is 0 Å². The van der Waals surface area contributed by atoms with E-state index in [4.69, 9.17) is 4.42 Å². The smallest absolute Gasteiger partial charge is 0.133 e. The van der Waals surface area contributed by atoms with Crippen LogP contribution in [-0.2, 0) is 0 Å². The molecule has 0 aromatic carbocycles. The van der Waals surface area contributed by atoms with Gasteiger partial charge in [0.1, 0.15) is 5.58 Å². The van der Waals surface area contributed by atoms with E-state index in [1.165, 1.54) is 11.1 Å². The largest absolute Gasteiger partial charge is 0.464 e. The molecule has 0 aliphatic heterocycles. The summed E-state index contributed by atoms with van der Waals surface area (Å²) in [7, 11) is 0. The molecular weight excluding hydrogens is 160 g/mol. The Morgan fingerprint density at radius 1 is 0.846 bits per heavy atom. The average Bonchev–Trinajstić information content (AvgIpc) is 2.72. The molecule has 1 heterocycles. The molecule has 2 aliphatic rings. The highest BCUT2D eigenvalue weighted by Gasteiger charge is 2.01. The highest BCUT2D eigenvalue weighted by atomic mass is 16.3. The van der Waals surface area contributed by atoms with Crippen LogP contribution in [0.25, 0.3) is 22.1 Å². The van der Waals surface area contributed by atoms with Crippen LogP contribution < -0.4 is 0 Å². The third-order valence-electron chi connectivity index (χ3n) is 2.34. The molecule has 1 aromatic heterocycles. The van der Waals surface area contributed by atoms with Gasteiger partial charge in [-0.3, -0.25) is 0 Å². The number of hydrogen-bond acceptors (Lipinski definition) is 1. The minimum absolute atomic E-state index is 0.941. The first-order valence-electron chi connectivity index (χ1n) is 4.29. The van der Waals surface area contributed by atoms with Crippen molar-refractivity contribution < 1.29 is 4.42 Å². The zero-order chi connectivity index (χ0) is 8.67. The van der Waals surface area contributed by atoms with Crippen LogP contribution in [0, 0.1) is 0 Å². The molecule has 0 spiro atoms. The lowest BCUT2D eigenvalue weighted by atomic mass is 10.2. The molecule has 2 aliphatic carbocycles. The number of hydrogen-bond donors (Lipinski definition) is 0. The molecule has 62 valence electrons. The SMILES string of the molecule is c1cc2ccc3occc3cc-2c1. The van der Waals surface area contributed by atoms with Crippen molar-refractivity contribution in [1.29, 1.82) is 0 Å². The first kappa shape index (κ1) is 6.72. The molecule has 1 heteroatoms. The van der Waals surface area contributed by atoms with Gasteiger partial charge in [-0.15, -0.1) is 0 Å². The zero-order valence-electron chi connectivity index (χ0n) is 7.03. The first-order valence-corrected chi connectivity index (χ1v) is 4.29. The fourth-order valence-electron chi connectivity index (χ4n) is 1.65. The van der Waals surface area contributed by atoms with Crippen LogP contribution in [0.3, 0.4) is 0 Å². The van der Waals surface area contributed by atoms with Gasteiger partial charge in [-0.1, -0.05) is 24.3 Å². The van der Waals surface area contributed by atoms with E-state index in [1.807, 2.05) is 12.1 Å². The Morgan fingerprint density at radius 2 is 1.77 bits per heavy atom. The summed E-state index contributed by atoms with van der Waals surface area (Å²) in [5.74, 6) is 0. The summed E-state index contributed by atoms with van der Waals surface area (Å²) in [5.41, 5.74) is 3.46. The van der Waals surface area contributed by atoms with Gasteiger partial charge in [-0.2, -0.15) is 0 Å². The van der Waals surface area contributed by atoms with E-state index in [0.29, 0.717) is 0 Å². The van der Waals surface area contributed by atoms with Gasteiger partial charge in [0.2, 0.25) is 0 Å². The van der Waals surface area contributed by atoms with Crippen LogP contribution >= 0.6 is 0 Å². The number of fused-ring (bicyclic) bond motifs is 2.